The van der Waals surface area contributed by atoms with E-state index in [2.05, 4.69) is 15.6 Å². The number of hydrogen-bond acceptors (Lipinski definition) is 5. The Hall–Kier alpha value is -1.85. The lowest BCUT2D eigenvalue weighted by Crippen LogP contribution is -2.30. The predicted octanol–water partition coefficient (Wildman–Crippen LogP) is 3.02. The van der Waals surface area contributed by atoms with Crippen LogP contribution in [0.25, 0.3) is 0 Å². The molecule has 6 nitrogen and oxygen atoms in total. The van der Waals surface area contributed by atoms with Crippen molar-refractivity contribution < 1.29 is 4.92 Å². The van der Waals surface area contributed by atoms with E-state index in [-0.39, 0.29) is 11.2 Å². The molecule has 1 rings (SSSR count). The topological polar surface area (TPSA) is 80.1 Å². The third-order valence-corrected chi connectivity index (χ3v) is 2.77. The molecule has 0 unspecified atom stereocenters. The molecule has 0 atom stereocenters. The summed E-state index contributed by atoms with van der Waals surface area (Å²) in [6.07, 6.45) is 0.845. The van der Waals surface area contributed by atoms with Crippen LogP contribution in [-0.2, 0) is 0 Å². The summed E-state index contributed by atoms with van der Waals surface area (Å²) < 4.78 is 0. The third-order valence-electron chi connectivity index (χ3n) is 2.77. The first kappa shape index (κ1) is 14.2. The van der Waals surface area contributed by atoms with Gasteiger partial charge in [0, 0.05) is 18.2 Å². The van der Waals surface area contributed by atoms with Crippen molar-refractivity contribution in [3.8, 4) is 0 Å². The van der Waals surface area contributed by atoms with Crippen molar-refractivity contribution in [1.82, 2.24) is 4.98 Å². The minimum atomic E-state index is -0.420. The lowest BCUT2D eigenvalue weighted by molar-refractivity contribution is -0.384. The molecule has 0 amide bonds. The molecule has 100 valence electrons. The van der Waals surface area contributed by atoms with Crippen molar-refractivity contribution in [2.45, 2.75) is 39.7 Å². The van der Waals surface area contributed by atoms with Gasteiger partial charge in [0.1, 0.15) is 5.82 Å². The molecule has 0 radical (unpaired) electrons. The van der Waals surface area contributed by atoms with Gasteiger partial charge >= 0.3 is 5.69 Å². The van der Waals surface area contributed by atoms with Gasteiger partial charge in [-0.05, 0) is 33.3 Å². The van der Waals surface area contributed by atoms with Crippen LogP contribution >= 0.6 is 0 Å². The van der Waals surface area contributed by atoms with Crippen LogP contribution in [-0.4, -0.2) is 22.0 Å². The van der Waals surface area contributed by atoms with Crippen LogP contribution in [0.15, 0.2) is 12.1 Å². The van der Waals surface area contributed by atoms with Crippen molar-refractivity contribution in [2.24, 2.45) is 0 Å². The quantitative estimate of drug-likeness (QED) is 0.601. The van der Waals surface area contributed by atoms with E-state index in [0.717, 1.165) is 13.0 Å². The zero-order chi connectivity index (χ0) is 13.8. The molecule has 0 spiro atoms. The number of rotatable bonds is 6. The highest BCUT2D eigenvalue weighted by Crippen LogP contribution is 2.27. The molecule has 0 aliphatic heterocycles. The second kappa shape index (κ2) is 5.66. The minimum Gasteiger partial charge on any atom is -0.370 e. The molecule has 0 aromatic carbocycles. The summed E-state index contributed by atoms with van der Waals surface area (Å²) in [6.45, 7) is 8.66. The van der Waals surface area contributed by atoms with E-state index >= 15 is 0 Å². The summed E-state index contributed by atoms with van der Waals surface area (Å²) >= 11 is 0. The van der Waals surface area contributed by atoms with Crippen LogP contribution in [0.3, 0.4) is 0 Å². The lowest BCUT2D eigenvalue weighted by atomic mass is 10.0. The Kier molecular flexibility index (Phi) is 4.47. The smallest absolute Gasteiger partial charge is 0.311 e. The Morgan fingerprint density at radius 3 is 2.56 bits per heavy atom. The summed E-state index contributed by atoms with van der Waals surface area (Å²) in [5.74, 6) is 0.947. The zero-order valence-corrected chi connectivity index (χ0v) is 11.3. The molecule has 1 heterocycles. The molecule has 0 saturated carbocycles. The molecule has 0 fully saturated rings. The number of aromatic nitrogens is 1. The van der Waals surface area contributed by atoms with Crippen molar-refractivity contribution >= 4 is 17.3 Å². The molecule has 0 saturated heterocycles. The van der Waals surface area contributed by atoms with Crippen molar-refractivity contribution in [3.05, 3.63) is 22.2 Å². The van der Waals surface area contributed by atoms with E-state index < -0.39 is 4.92 Å². The van der Waals surface area contributed by atoms with Crippen molar-refractivity contribution in [3.63, 3.8) is 0 Å². The molecule has 1 aromatic heterocycles. The monoisotopic (exact) mass is 252 g/mol. The van der Waals surface area contributed by atoms with Gasteiger partial charge in [0.15, 0.2) is 0 Å². The number of nitro groups is 1. The van der Waals surface area contributed by atoms with Gasteiger partial charge < -0.3 is 10.6 Å². The maximum Gasteiger partial charge on any atom is 0.311 e. The highest BCUT2D eigenvalue weighted by atomic mass is 16.6. The number of hydrogen-bond donors (Lipinski definition) is 2. The first-order chi connectivity index (χ1) is 8.39. The predicted molar refractivity (Wildman–Crippen MR) is 73.0 cm³/mol. The van der Waals surface area contributed by atoms with Crippen LogP contribution in [0.1, 0.15) is 34.1 Å². The Balaban J connectivity index is 3.11. The summed E-state index contributed by atoms with van der Waals surface area (Å²) in [5, 5.41) is 17.1. The summed E-state index contributed by atoms with van der Waals surface area (Å²) in [6, 6.07) is 3.09. The van der Waals surface area contributed by atoms with Gasteiger partial charge in [-0.1, -0.05) is 6.92 Å². The minimum absolute atomic E-state index is 0.00169. The van der Waals surface area contributed by atoms with Gasteiger partial charge in [-0.15, -0.1) is 0 Å². The second-order valence-electron chi connectivity index (χ2n) is 4.71. The fraction of sp³-hybridized carbons (Fsp3) is 0.583. The van der Waals surface area contributed by atoms with E-state index in [1.54, 1.807) is 6.07 Å². The average molecular weight is 252 g/mol. The van der Waals surface area contributed by atoms with Gasteiger partial charge in [-0.2, -0.15) is 0 Å². The van der Waals surface area contributed by atoms with E-state index in [9.17, 15) is 10.1 Å². The fourth-order valence-corrected chi connectivity index (χ4v) is 1.38. The van der Waals surface area contributed by atoms with E-state index in [4.69, 9.17) is 0 Å². The molecule has 2 N–H and O–H groups in total. The van der Waals surface area contributed by atoms with Crippen LogP contribution in [0.5, 0.6) is 0 Å². The Labute approximate surface area is 107 Å². The van der Waals surface area contributed by atoms with E-state index in [1.165, 1.54) is 6.07 Å². The summed E-state index contributed by atoms with van der Waals surface area (Å²) in [5.41, 5.74) is -0.235. The second-order valence-corrected chi connectivity index (χ2v) is 4.71. The molecule has 1 aromatic rings. The number of pyridine rings is 1. The van der Waals surface area contributed by atoms with E-state index in [0.29, 0.717) is 11.6 Å². The summed E-state index contributed by atoms with van der Waals surface area (Å²) in [7, 11) is 0. The molecule has 0 bridgehead atoms. The van der Waals surface area contributed by atoms with Gasteiger partial charge in [0.2, 0.25) is 5.82 Å². The van der Waals surface area contributed by atoms with Gasteiger partial charge in [-0.25, -0.2) is 4.98 Å². The highest BCUT2D eigenvalue weighted by Gasteiger charge is 2.22. The van der Waals surface area contributed by atoms with Gasteiger partial charge in [0.05, 0.1) is 4.92 Å². The van der Waals surface area contributed by atoms with E-state index in [1.807, 2.05) is 27.7 Å². The molecule has 0 aliphatic carbocycles. The zero-order valence-electron chi connectivity index (χ0n) is 11.3. The third kappa shape index (κ3) is 3.58. The van der Waals surface area contributed by atoms with Crippen LogP contribution in [0, 0.1) is 10.1 Å². The molecule has 0 aliphatic rings. The summed E-state index contributed by atoms with van der Waals surface area (Å²) in [4.78, 5) is 14.8. The first-order valence-electron chi connectivity index (χ1n) is 6.07. The Morgan fingerprint density at radius 1 is 1.39 bits per heavy atom. The van der Waals surface area contributed by atoms with Crippen LogP contribution in [0.2, 0.25) is 0 Å². The van der Waals surface area contributed by atoms with Gasteiger partial charge in [0.25, 0.3) is 0 Å². The largest absolute Gasteiger partial charge is 0.370 e. The lowest BCUT2D eigenvalue weighted by Gasteiger charge is -2.25. The number of nitrogens with one attached hydrogen (secondary N) is 2. The SMILES string of the molecule is CCNc1ccc([N+](=O)[O-])c(NC(C)(C)CC)n1. The van der Waals surface area contributed by atoms with Crippen molar-refractivity contribution in [1.29, 1.82) is 0 Å². The first-order valence-corrected chi connectivity index (χ1v) is 6.07. The van der Waals surface area contributed by atoms with Crippen LogP contribution < -0.4 is 10.6 Å². The Bertz CT molecular complexity index is 432. The molecular formula is C12H20N4O2. The maximum absolute atomic E-state index is 11.0. The normalized spacial score (nSPS) is 11.1. The molecule has 6 heteroatoms. The molecule has 18 heavy (non-hydrogen) atoms. The average Bonchev–Trinajstić information content (AvgIpc) is 2.29. The standard InChI is InChI=1S/C12H20N4O2/c1-5-12(3,4)15-11-9(16(17)18)7-8-10(14-11)13-6-2/h7-8H,5-6H2,1-4H3,(H2,13,14,15). The highest BCUT2D eigenvalue weighted by molar-refractivity contribution is 5.61. The van der Waals surface area contributed by atoms with Gasteiger partial charge in [-0.3, -0.25) is 10.1 Å². The molecular weight excluding hydrogens is 232 g/mol. The Morgan fingerprint density at radius 2 is 2.06 bits per heavy atom. The van der Waals surface area contributed by atoms with Crippen LogP contribution in [0.4, 0.5) is 17.3 Å². The fourth-order valence-electron chi connectivity index (χ4n) is 1.38. The maximum atomic E-state index is 11.0. The van der Waals surface area contributed by atoms with Crippen molar-refractivity contribution in [2.75, 3.05) is 17.2 Å². The number of nitrogens with zero attached hydrogens (tertiary/aromatic N) is 2. The number of anilines is 2.